The van der Waals surface area contributed by atoms with Gasteiger partial charge in [0, 0.05) is 37.8 Å². The Morgan fingerprint density at radius 1 is 1.19 bits per heavy atom. The minimum Gasteiger partial charge on any atom is -0.379 e. The number of carbonyl (C=O) groups excluding carboxylic acids is 1. The number of hydrogen-bond donors (Lipinski definition) is 1. The topological polar surface area (TPSA) is 74.4 Å². The molecule has 2 aliphatic rings. The number of benzene rings is 1. The molecule has 1 amide bonds. The number of likely N-dealkylation sites (tertiary alicyclic amines) is 1. The zero-order valence-corrected chi connectivity index (χ0v) is 14.9. The molecule has 138 valence electrons. The Morgan fingerprint density at radius 3 is 2.85 bits per heavy atom. The molecule has 0 bridgehead atoms. The van der Waals surface area contributed by atoms with Crippen molar-refractivity contribution in [3.05, 3.63) is 36.2 Å². The molecular weight excluding hydrogens is 330 g/mol. The number of nitrogens with zero attached hydrogens (tertiary/aromatic N) is 4. The van der Waals surface area contributed by atoms with E-state index in [1.165, 1.54) is 12.7 Å². The van der Waals surface area contributed by atoms with E-state index >= 15 is 0 Å². The fraction of sp³-hybridized carbons (Fsp3) is 0.526. The number of aromatic nitrogens is 3. The summed E-state index contributed by atoms with van der Waals surface area (Å²) in [4.78, 5) is 22.1. The fourth-order valence-electron chi connectivity index (χ4n) is 3.91. The van der Waals surface area contributed by atoms with E-state index in [4.69, 9.17) is 4.74 Å². The number of piperidine rings is 1. The van der Waals surface area contributed by atoms with Gasteiger partial charge in [-0.25, -0.2) is 4.98 Å². The van der Waals surface area contributed by atoms with Crippen LogP contribution in [0.3, 0.4) is 0 Å². The van der Waals surface area contributed by atoms with E-state index in [1.807, 2.05) is 24.3 Å². The summed E-state index contributed by atoms with van der Waals surface area (Å²) in [5.74, 6) is 0.727. The van der Waals surface area contributed by atoms with Gasteiger partial charge in [0.1, 0.15) is 6.33 Å². The van der Waals surface area contributed by atoms with Crippen LogP contribution in [0.25, 0.3) is 11.4 Å². The highest BCUT2D eigenvalue weighted by Gasteiger charge is 2.30. The summed E-state index contributed by atoms with van der Waals surface area (Å²) >= 11 is 0. The van der Waals surface area contributed by atoms with Crippen molar-refractivity contribution in [1.29, 1.82) is 0 Å². The van der Waals surface area contributed by atoms with E-state index < -0.39 is 0 Å². The first-order valence-electron chi connectivity index (χ1n) is 9.39. The number of hydrogen-bond acceptors (Lipinski definition) is 5. The van der Waals surface area contributed by atoms with Crippen LogP contribution in [0.1, 0.15) is 29.6 Å². The Hall–Kier alpha value is -2.25. The molecule has 2 aliphatic heterocycles. The molecule has 1 atom stereocenters. The molecule has 1 aromatic carbocycles. The van der Waals surface area contributed by atoms with E-state index in [0.29, 0.717) is 11.4 Å². The molecule has 0 saturated carbocycles. The van der Waals surface area contributed by atoms with Crippen LogP contribution in [0, 0.1) is 0 Å². The summed E-state index contributed by atoms with van der Waals surface area (Å²) < 4.78 is 5.45. The zero-order chi connectivity index (χ0) is 17.8. The van der Waals surface area contributed by atoms with Gasteiger partial charge < -0.3 is 9.64 Å². The molecule has 2 fully saturated rings. The van der Waals surface area contributed by atoms with Crippen molar-refractivity contribution in [2.24, 2.45) is 0 Å². The van der Waals surface area contributed by atoms with E-state index in [0.717, 1.165) is 57.8 Å². The molecule has 26 heavy (non-hydrogen) atoms. The second-order valence-corrected chi connectivity index (χ2v) is 6.94. The van der Waals surface area contributed by atoms with Crippen LogP contribution >= 0.6 is 0 Å². The van der Waals surface area contributed by atoms with Crippen LogP contribution in [0.2, 0.25) is 0 Å². The van der Waals surface area contributed by atoms with Gasteiger partial charge in [0.2, 0.25) is 0 Å². The first-order valence-corrected chi connectivity index (χ1v) is 9.39. The van der Waals surface area contributed by atoms with Gasteiger partial charge in [-0.2, -0.15) is 5.10 Å². The number of morpholine rings is 1. The van der Waals surface area contributed by atoms with Gasteiger partial charge in [-0.1, -0.05) is 18.2 Å². The first kappa shape index (κ1) is 17.2. The van der Waals surface area contributed by atoms with Crippen molar-refractivity contribution in [2.45, 2.75) is 25.3 Å². The maximum absolute atomic E-state index is 13.4. The molecule has 1 N–H and O–H groups in total. The summed E-state index contributed by atoms with van der Waals surface area (Å²) in [6.45, 7) is 5.22. The standard InChI is InChI=1S/C19H25N5O2/c25-19(17-7-2-1-6-16(17)18-20-14-21-22-18)24-8-4-3-5-15(24)13-23-9-11-26-12-10-23/h1-2,6-7,14-15H,3-5,8-13H2,(H,20,21,22). The fourth-order valence-corrected chi connectivity index (χ4v) is 3.91. The average molecular weight is 355 g/mol. The third-order valence-electron chi connectivity index (χ3n) is 5.29. The molecule has 7 nitrogen and oxygen atoms in total. The Bertz CT molecular complexity index is 727. The van der Waals surface area contributed by atoms with Crippen molar-refractivity contribution in [3.8, 4) is 11.4 Å². The van der Waals surface area contributed by atoms with Crippen LogP contribution in [0.5, 0.6) is 0 Å². The van der Waals surface area contributed by atoms with E-state index in [-0.39, 0.29) is 11.9 Å². The molecule has 3 heterocycles. The quantitative estimate of drug-likeness (QED) is 0.905. The molecule has 0 radical (unpaired) electrons. The predicted octanol–water partition coefficient (Wildman–Crippen LogP) is 1.80. The Balaban J connectivity index is 1.56. The summed E-state index contributed by atoms with van der Waals surface area (Å²) in [5, 5.41) is 6.80. The molecule has 0 spiro atoms. The van der Waals surface area contributed by atoms with Gasteiger partial charge in [-0.15, -0.1) is 0 Å². The third kappa shape index (κ3) is 3.64. The van der Waals surface area contributed by atoms with E-state index in [1.54, 1.807) is 0 Å². The summed E-state index contributed by atoms with van der Waals surface area (Å²) in [6.07, 6.45) is 4.78. The second kappa shape index (κ2) is 7.97. The van der Waals surface area contributed by atoms with Gasteiger partial charge in [0.15, 0.2) is 5.82 Å². The number of carbonyl (C=O) groups is 1. The normalized spacial score (nSPS) is 21.7. The molecule has 2 aromatic rings. The lowest BCUT2D eigenvalue weighted by atomic mass is 9.98. The number of H-pyrrole nitrogens is 1. The van der Waals surface area contributed by atoms with Crippen molar-refractivity contribution in [2.75, 3.05) is 39.4 Å². The lowest BCUT2D eigenvalue weighted by molar-refractivity contribution is 0.0166. The van der Waals surface area contributed by atoms with Crippen LogP contribution < -0.4 is 0 Å². The average Bonchev–Trinajstić information content (AvgIpc) is 3.23. The summed E-state index contributed by atoms with van der Waals surface area (Å²) in [7, 11) is 0. The Morgan fingerprint density at radius 2 is 2.04 bits per heavy atom. The maximum Gasteiger partial charge on any atom is 0.254 e. The number of nitrogens with one attached hydrogen (secondary N) is 1. The van der Waals surface area contributed by atoms with Gasteiger partial charge in [0.25, 0.3) is 5.91 Å². The molecule has 1 aromatic heterocycles. The van der Waals surface area contributed by atoms with Gasteiger partial charge in [-0.05, 0) is 25.3 Å². The van der Waals surface area contributed by atoms with E-state index in [9.17, 15) is 4.79 Å². The monoisotopic (exact) mass is 355 g/mol. The van der Waals surface area contributed by atoms with Gasteiger partial charge in [0.05, 0.1) is 18.8 Å². The Kier molecular flexibility index (Phi) is 5.26. The van der Waals surface area contributed by atoms with Gasteiger partial charge >= 0.3 is 0 Å². The molecular formula is C19H25N5O2. The molecule has 7 heteroatoms. The third-order valence-corrected chi connectivity index (χ3v) is 5.29. The summed E-state index contributed by atoms with van der Waals surface area (Å²) in [6, 6.07) is 7.91. The highest BCUT2D eigenvalue weighted by Crippen LogP contribution is 2.25. The van der Waals surface area contributed by atoms with Crippen LogP contribution in [-0.4, -0.2) is 76.3 Å². The Labute approximate surface area is 153 Å². The smallest absolute Gasteiger partial charge is 0.254 e. The molecule has 0 aliphatic carbocycles. The van der Waals surface area contributed by atoms with Crippen LogP contribution in [0.4, 0.5) is 0 Å². The lowest BCUT2D eigenvalue weighted by Gasteiger charge is -2.40. The van der Waals surface area contributed by atoms with Gasteiger partial charge in [-0.3, -0.25) is 14.8 Å². The molecule has 1 unspecified atom stereocenters. The predicted molar refractivity (Wildman–Crippen MR) is 97.8 cm³/mol. The SMILES string of the molecule is O=C(c1ccccc1-c1ncn[nH]1)N1CCCCC1CN1CCOCC1. The van der Waals surface area contributed by atoms with Crippen molar-refractivity contribution < 1.29 is 9.53 Å². The van der Waals surface area contributed by atoms with Crippen LogP contribution in [0.15, 0.2) is 30.6 Å². The largest absolute Gasteiger partial charge is 0.379 e. The second-order valence-electron chi connectivity index (χ2n) is 6.94. The number of amides is 1. The first-order chi connectivity index (χ1) is 12.8. The number of ether oxygens (including phenoxy) is 1. The number of rotatable bonds is 4. The molecule has 4 rings (SSSR count). The minimum absolute atomic E-state index is 0.0926. The lowest BCUT2D eigenvalue weighted by Crippen LogP contribution is -2.51. The maximum atomic E-state index is 13.4. The minimum atomic E-state index is 0.0926. The highest BCUT2D eigenvalue weighted by atomic mass is 16.5. The van der Waals surface area contributed by atoms with E-state index in [2.05, 4.69) is 25.0 Å². The molecule has 2 saturated heterocycles. The van der Waals surface area contributed by atoms with Crippen LogP contribution in [-0.2, 0) is 4.74 Å². The summed E-state index contributed by atoms with van der Waals surface area (Å²) in [5.41, 5.74) is 1.50. The van der Waals surface area contributed by atoms with Crippen molar-refractivity contribution in [3.63, 3.8) is 0 Å². The van der Waals surface area contributed by atoms with Crippen molar-refractivity contribution >= 4 is 5.91 Å². The van der Waals surface area contributed by atoms with Crippen molar-refractivity contribution in [1.82, 2.24) is 25.0 Å². The highest BCUT2D eigenvalue weighted by molar-refractivity contribution is 6.00. The number of aromatic amines is 1. The zero-order valence-electron chi connectivity index (χ0n) is 14.9.